The third-order valence-corrected chi connectivity index (χ3v) is 4.79. The molecule has 0 spiro atoms. The highest BCUT2D eigenvalue weighted by atomic mass is 32.1. The van der Waals surface area contributed by atoms with E-state index < -0.39 is 5.97 Å². The summed E-state index contributed by atoms with van der Waals surface area (Å²) in [4.78, 5) is 25.4. The molecule has 0 bridgehead atoms. The Balaban J connectivity index is 1.64. The Kier molecular flexibility index (Phi) is 5.81. The van der Waals surface area contributed by atoms with Crippen LogP contribution in [-0.4, -0.2) is 18.5 Å². The van der Waals surface area contributed by atoms with E-state index in [1.807, 2.05) is 60.8 Å². The quantitative estimate of drug-likeness (QED) is 0.669. The smallest absolute Gasteiger partial charge is 0.338 e. The monoisotopic (exact) mass is 365 g/mol. The van der Waals surface area contributed by atoms with Gasteiger partial charge in [-0.15, -0.1) is 11.3 Å². The molecule has 0 fully saturated rings. The van der Waals surface area contributed by atoms with Crippen LogP contribution in [0.15, 0.2) is 72.1 Å². The molecule has 26 heavy (non-hydrogen) atoms. The van der Waals surface area contributed by atoms with Crippen LogP contribution < -0.4 is 5.32 Å². The molecular weight excluding hydrogens is 346 g/mol. The maximum Gasteiger partial charge on any atom is 0.338 e. The van der Waals surface area contributed by atoms with Crippen LogP contribution in [0.1, 0.15) is 32.4 Å². The molecule has 0 aliphatic heterocycles. The number of aryl methyl sites for hydroxylation is 1. The number of hydrogen-bond acceptors (Lipinski definition) is 4. The predicted octanol–water partition coefficient (Wildman–Crippen LogP) is 4.12. The zero-order valence-electron chi connectivity index (χ0n) is 14.3. The van der Waals surface area contributed by atoms with Crippen LogP contribution in [0.4, 0.5) is 0 Å². The van der Waals surface area contributed by atoms with E-state index >= 15 is 0 Å². The second-order valence-corrected chi connectivity index (χ2v) is 6.85. The standard InChI is InChI=1S/C21H19NO3S/c1-15-7-5-10-17(13-15)21(24)25-14-19(23)22-20(18-11-6-12-26-18)16-8-3-2-4-9-16/h2-13,20H,14H2,1H3,(H,22,23)/t20-/m1/s1. The molecule has 0 aliphatic rings. The number of amides is 1. The van der Waals surface area contributed by atoms with Gasteiger partial charge in [-0.3, -0.25) is 4.79 Å². The molecule has 1 heterocycles. The number of thiophene rings is 1. The summed E-state index contributed by atoms with van der Waals surface area (Å²) in [7, 11) is 0. The van der Waals surface area contributed by atoms with E-state index in [2.05, 4.69) is 5.32 Å². The van der Waals surface area contributed by atoms with Crippen LogP contribution in [0.5, 0.6) is 0 Å². The molecule has 1 amide bonds. The number of benzene rings is 2. The SMILES string of the molecule is Cc1cccc(C(=O)OCC(=O)N[C@H](c2ccccc2)c2cccs2)c1. The highest BCUT2D eigenvalue weighted by Crippen LogP contribution is 2.25. The number of carbonyl (C=O) groups excluding carboxylic acids is 2. The van der Waals surface area contributed by atoms with E-state index in [0.717, 1.165) is 16.0 Å². The zero-order valence-corrected chi connectivity index (χ0v) is 15.2. The van der Waals surface area contributed by atoms with Gasteiger partial charge in [0.1, 0.15) is 0 Å². The first-order chi connectivity index (χ1) is 12.6. The molecule has 4 nitrogen and oxygen atoms in total. The van der Waals surface area contributed by atoms with E-state index in [9.17, 15) is 9.59 Å². The molecule has 2 aromatic carbocycles. The minimum atomic E-state index is -0.503. The van der Waals surface area contributed by atoms with Gasteiger partial charge in [-0.2, -0.15) is 0 Å². The first-order valence-corrected chi connectivity index (χ1v) is 9.13. The van der Waals surface area contributed by atoms with E-state index in [1.54, 1.807) is 29.5 Å². The molecule has 0 radical (unpaired) electrons. The summed E-state index contributed by atoms with van der Waals surface area (Å²) in [6, 6.07) is 20.5. The summed E-state index contributed by atoms with van der Waals surface area (Å²) < 4.78 is 5.15. The lowest BCUT2D eigenvalue weighted by Crippen LogP contribution is -2.32. The predicted molar refractivity (Wildman–Crippen MR) is 102 cm³/mol. The second-order valence-electron chi connectivity index (χ2n) is 5.87. The minimum Gasteiger partial charge on any atom is -0.452 e. The summed E-state index contributed by atoms with van der Waals surface area (Å²) >= 11 is 1.57. The van der Waals surface area contributed by atoms with Gasteiger partial charge < -0.3 is 10.1 Å². The third kappa shape index (κ3) is 4.58. The summed E-state index contributed by atoms with van der Waals surface area (Å²) in [5.74, 6) is -0.843. The molecule has 0 saturated carbocycles. The number of nitrogens with one attached hydrogen (secondary N) is 1. The van der Waals surface area contributed by atoms with Crippen molar-refractivity contribution in [2.45, 2.75) is 13.0 Å². The summed E-state index contributed by atoms with van der Waals surface area (Å²) in [6.45, 7) is 1.58. The first kappa shape index (κ1) is 17.9. The average molecular weight is 365 g/mol. The molecule has 1 aromatic heterocycles. The first-order valence-electron chi connectivity index (χ1n) is 8.25. The molecule has 5 heteroatoms. The fraction of sp³-hybridized carbons (Fsp3) is 0.143. The van der Waals surface area contributed by atoms with Crippen molar-refractivity contribution in [1.29, 1.82) is 0 Å². The van der Waals surface area contributed by atoms with Gasteiger partial charge in [0.25, 0.3) is 5.91 Å². The van der Waals surface area contributed by atoms with E-state index in [1.165, 1.54) is 0 Å². The number of ether oxygens (including phenoxy) is 1. The normalized spacial score (nSPS) is 11.6. The number of hydrogen-bond donors (Lipinski definition) is 1. The van der Waals surface area contributed by atoms with Crippen LogP contribution in [-0.2, 0) is 9.53 Å². The fourth-order valence-corrected chi connectivity index (χ4v) is 3.41. The topological polar surface area (TPSA) is 55.4 Å². The Hall–Kier alpha value is -2.92. The highest BCUT2D eigenvalue weighted by molar-refractivity contribution is 7.10. The highest BCUT2D eigenvalue weighted by Gasteiger charge is 2.19. The Morgan fingerprint density at radius 3 is 2.54 bits per heavy atom. The van der Waals surface area contributed by atoms with Crippen molar-refractivity contribution in [3.63, 3.8) is 0 Å². The largest absolute Gasteiger partial charge is 0.452 e. The molecule has 1 atom stereocenters. The zero-order chi connectivity index (χ0) is 18.4. The minimum absolute atomic E-state index is 0.263. The van der Waals surface area contributed by atoms with Crippen molar-refractivity contribution in [1.82, 2.24) is 5.32 Å². The maximum atomic E-state index is 12.3. The van der Waals surface area contributed by atoms with E-state index in [0.29, 0.717) is 5.56 Å². The van der Waals surface area contributed by atoms with Gasteiger partial charge in [0.15, 0.2) is 6.61 Å². The molecule has 0 saturated heterocycles. The lowest BCUT2D eigenvalue weighted by atomic mass is 10.1. The van der Waals surface area contributed by atoms with Crippen LogP contribution in [0.25, 0.3) is 0 Å². The van der Waals surface area contributed by atoms with Gasteiger partial charge >= 0.3 is 5.97 Å². The summed E-state index contributed by atoms with van der Waals surface area (Å²) in [6.07, 6.45) is 0. The van der Waals surface area contributed by atoms with Gasteiger partial charge in [-0.05, 0) is 36.1 Å². The van der Waals surface area contributed by atoms with Crippen LogP contribution in [0, 0.1) is 6.92 Å². The van der Waals surface area contributed by atoms with Crippen molar-refractivity contribution < 1.29 is 14.3 Å². The lowest BCUT2D eigenvalue weighted by Gasteiger charge is -2.18. The third-order valence-electron chi connectivity index (χ3n) is 3.85. The summed E-state index contributed by atoms with van der Waals surface area (Å²) in [5, 5.41) is 4.92. The molecule has 1 N–H and O–H groups in total. The molecule has 0 unspecified atom stereocenters. The van der Waals surface area contributed by atoms with Crippen molar-refractivity contribution in [2.24, 2.45) is 0 Å². The van der Waals surface area contributed by atoms with Gasteiger partial charge in [-0.1, -0.05) is 54.1 Å². The van der Waals surface area contributed by atoms with Gasteiger partial charge in [0.05, 0.1) is 11.6 Å². The molecular formula is C21H19NO3S. The van der Waals surface area contributed by atoms with Crippen molar-refractivity contribution in [3.05, 3.63) is 93.7 Å². The number of carbonyl (C=O) groups is 2. The number of rotatable bonds is 6. The Bertz CT molecular complexity index is 875. The molecule has 3 aromatic rings. The average Bonchev–Trinajstić information content (AvgIpc) is 3.19. The maximum absolute atomic E-state index is 12.3. The van der Waals surface area contributed by atoms with Gasteiger partial charge in [0.2, 0.25) is 0 Å². The van der Waals surface area contributed by atoms with Crippen LogP contribution in [0.2, 0.25) is 0 Å². The van der Waals surface area contributed by atoms with Gasteiger partial charge in [-0.25, -0.2) is 4.79 Å². The second kappa shape index (κ2) is 8.45. The Morgan fingerprint density at radius 2 is 1.85 bits per heavy atom. The van der Waals surface area contributed by atoms with Crippen molar-refractivity contribution >= 4 is 23.2 Å². The van der Waals surface area contributed by atoms with Crippen LogP contribution in [0.3, 0.4) is 0 Å². The lowest BCUT2D eigenvalue weighted by molar-refractivity contribution is -0.124. The molecule has 132 valence electrons. The van der Waals surface area contributed by atoms with Crippen molar-refractivity contribution in [3.8, 4) is 0 Å². The Labute approximate surface area is 156 Å². The molecule has 0 aliphatic carbocycles. The molecule has 3 rings (SSSR count). The summed E-state index contributed by atoms with van der Waals surface area (Å²) in [5.41, 5.74) is 2.38. The van der Waals surface area contributed by atoms with E-state index in [-0.39, 0.29) is 18.6 Å². The fourth-order valence-electron chi connectivity index (χ4n) is 2.61. The van der Waals surface area contributed by atoms with Crippen LogP contribution >= 0.6 is 11.3 Å². The number of esters is 1. The Morgan fingerprint density at radius 1 is 1.04 bits per heavy atom. The van der Waals surface area contributed by atoms with Crippen molar-refractivity contribution in [2.75, 3.05) is 6.61 Å². The van der Waals surface area contributed by atoms with E-state index in [4.69, 9.17) is 4.74 Å². The van der Waals surface area contributed by atoms with Gasteiger partial charge in [0, 0.05) is 4.88 Å².